The molecule has 0 aliphatic carbocycles. The predicted molar refractivity (Wildman–Crippen MR) is 79.5 cm³/mol. The summed E-state index contributed by atoms with van der Waals surface area (Å²) in [6, 6.07) is 16.9. The van der Waals surface area contributed by atoms with E-state index in [9.17, 15) is 9.59 Å². The smallest absolute Gasteiger partial charge is 0.450 e. The molecular formula is C17H14O5. The van der Waals surface area contributed by atoms with Gasteiger partial charge in [-0.05, 0) is 17.7 Å². The molecule has 0 bridgehead atoms. The summed E-state index contributed by atoms with van der Waals surface area (Å²) < 4.78 is 9.92. The molecule has 2 rings (SSSR count). The first-order chi connectivity index (χ1) is 10.6. The Bertz CT molecular complexity index is 664. The van der Waals surface area contributed by atoms with E-state index in [0.717, 1.165) is 0 Å². The van der Waals surface area contributed by atoms with Gasteiger partial charge in [-0.3, -0.25) is 0 Å². The molecular weight excluding hydrogens is 284 g/mol. The van der Waals surface area contributed by atoms with Gasteiger partial charge in [0.2, 0.25) is 0 Å². The van der Waals surface area contributed by atoms with Crippen molar-refractivity contribution in [1.29, 1.82) is 0 Å². The van der Waals surface area contributed by atoms with Gasteiger partial charge in [-0.2, -0.15) is 0 Å². The van der Waals surface area contributed by atoms with Crippen LogP contribution >= 0.6 is 0 Å². The molecule has 0 amide bonds. The summed E-state index contributed by atoms with van der Waals surface area (Å²) >= 11 is 0. The second-order valence-corrected chi connectivity index (χ2v) is 4.40. The lowest BCUT2D eigenvalue weighted by Gasteiger charge is -2.17. The van der Waals surface area contributed by atoms with E-state index >= 15 is 0 Å². The number of benzene rings is 2. The lowest BCUT2D eigenvalue weighted by Crippen LogP contribution is -2.20. The normalized spacial score (nSPS) is 11.3. The number of para-hydroxylation sites is 1. The van der Waals surface area contributed by atoms with Crippen molar-refractivity contribution >= 4 is 12.1 Å². The molecule has 0 spiro atoms. The van der Waals surface area contributed by atoms with Gasteiger partial charge in [-0.15, -0.1) is 0 Å². The van der Waals surface area contributed by atoms with E-state index in [-0.39, 0.29) is 5.57 Å². The van der Waals surface area contributed by atoms with Gasteiger partial charge in [-0.1, -0.05) is 55.1 Å². The van der Waals surface area contributed by atoms with Gasteiger partial charge < -0.3 is 14.6 Å². The molecule has 0 saturated heterocycles. The number of carboxylic acid groups (broad SMARTS) is 1. The van der Waals surface area contributed by atoms with Crippen LogP contribution in [0.3, 0.4) is 0 Å². The molecule has 0 aromatic heterocycles. The lowest BCUT2D eigenvalue weighted by molar-refractivity contribution is -0.131. The van der Waals surface area contributed by atoms with Gasteiger partial charge in [0.25, 0.3) is 0 Å². The molecule has 2 aromatic rings. The minimum atomic E-state index is -1.50. The molecule has 0 radical (unpaired) electrons. The minimum Gasteiger partial charge on any atom is -0.450 e. The monoisotopic (exact) mass is 298 g/mol. The number of hydrogen-bond donors (Lipinski definition) is 1. The van der Waals surface area contributed by atoms with Crippen LogP contribution in [0.25, 0.3) is 0 Å². The zero-order valence-electron chi connectivity index (χ0n) is 11.6. The lowest BCUT2D eigenvalue weighted by atomic mass is 10.0. The molecule has 112 valence electrons. The Hall–Kier alpha value is -3.08. The number of esters is 1. The van der Waals surface area contributed by atoms with Crippen molar-refractivity contribution in [2.75, 3.05) is 0 Å². The summed E-state index contributed by atoms with van der Waals surface area (Å²) in [5.41, 5.74) is 0.400. The van der Waals surface area contributed by atoms with E-state index < -0.39 is 18.2 Å². The predicted octanol–water partition coefficient (Wildman–Crippen LogP) is 3.58. The van der Waals surface area contributed by atoms with Crippen LogP contribution < -0.4 is 4.74 Å². The second kappa shape index (κ2) is 7.08. The molecule has 22 heavy (non-hydrogen) atoms. The molecule has 2 aromatic carbocycles. The topological polar surface area (TPSA) is 72.8 Å². The Labute approximate surface area is 127 Å². The van der Waals surface area contributed by atoms with Gasteiger partial charge in [0, 0.05) is 0 Å². The van der Waals surface area contributed by atoms with Crippen LogP contribution in [-0.2, 0) is 9.53 Å². The maximum Gasteiger partial charge on any atom is 0.506 e. The molecule has 0 aliphatic heterocycles. The molecule has 5 nitrogen and oxygen atoms in total. The van der Waals surface area contributed by atoms with Gasteiger partial charge in [0.05, 0.1) is 5.57 Å². The van der Waals surface area contributed by atoms with E-state index in [0.29, 0.717) is 11.3 Å². The minimum absolute atomic E-state index is 0.0996. The summed E-state index contributed by atoms with van der Waals surface area (Å²) in [6.07, 6.45) is -2.61. The highest BCUT2D eigenvalue weighted by molar-refractivity contribution is 5.91. The highest BCUT2D eigenvalue weighted by atomic mass is 16.7. The number of ether oxygens (including phenoxy) is 2. The fraction of sp³-hybridized carbons (Fsp3) is 0.0588. The quantitative estimate of drug-likeness (QED) is 0.519. The first-order valence-electron chi connectivity index (χ1n) is 6.48. The SMILES string of the molecule is C=C(C(=O)Oc1ccccc1)C(OC(=O)O)c1ccccc1. The summed E-state index contributed by atoms with van der Waals surface area (Å²) in [7, 11) is 0. The van der Waals surface area contributed by atoms with E-state index in [2.05, 4.69) is 6.58 Å². The fourth-order valence-electron chi connectivity index (χ4n) is 1.84. The Morgan fingerprint density at radius 2 is 1.50 bits per heavy atom. The summed E-state index contributed by atoms with van der Waals surface area (Å²) in [4.78, 5) is 23.0. The molecule has 0 heterocycles. The molecule has 1 N–H and O–H groups in total. The average Bonchev–Trinajstić information content (AvgIpc) is 2.53. The van der Waals surface area contributed by atoms with Crippen molar-refractivity contribution < 1.29 is 24.2 Å². The van der Waals surface area contributed by atoms with Gasteiger partial charge in [-0.25, -0.2) is 9.59 Å². The maximum atomic E-state index is 12.1. The van der Waals surface area contributed by atoms with E-state index in [1.807, 2.05) is 0 Å². The van der Waals surface area contributed by atoms with Crippen molar-refractivity contribution in [2.45, 2.75) is 6.10 Å². The number of carbonyl (C=O) groups is 2. The zero-order valence-corrected chi connectivity index (χ0v) is 11.6. The molecule has 1 unspecified atom stereocenters. The Morgan fingerprint density at radius 3 is 2.05 bits per heavy atom. The highest BCUT2D eigenvalue weighted by Crippen LogP contribution is 2.26. The van der Waals surface area contributed by atoms with Gasteiger partial charge >= 0.3 is 12.1 Å². The van der Waals surface area contributed by atoms with E-state index in [4.69, 9.17) is 14.6 Å². The molecule has 0 aliphatic rings. The van der Waals surface area contributed by atoms with Crippen LogP contribution in [0.2, 0.25) is 0 Å². The molecule has 0 fully saturated rings. The maximum absolute atomic E-state index is 12.1. The Morgan fingerprint density at radius 1 is 0.955 bits per heavy atom. The van der Waals surface area contributed by atoms with E-state index in [1.165, 1.54) is 0 Å². The van der Waals surface area contributed by atoms with Gasteiger partial charge in [0.15, 0.2) is 6.10 Å². The standard InChI is InChI=1S/C17H14O5/c1-12(16(18)21-14-10-6-3-7-11-14)15(22-17(19)20)13-8-4-2-5-9-13/h2-11,15H,1H2,(H,19,20). The summed E-state index contributed by atoms with van der Waals surface area (Å²) in [5, 5.41) is 8.85. The molecule has 0 saturated carbocycles. The van der Waals surface area contributed by atoms with E-state index in [1.54, 1.807) is 60.7 Å². The largest absolute Gasteiger partial charge is 0.506 e. The number of carbonyl (C=O) groups excluding carboxylic acids is 1. The van der Waals surface area contributed by atoms with Crippen molar-refractivity contribution in [2.24, 2.45) is 0 Å². The highest BCUT2D eigenvalue weighted by Gasteiger charge is 2.26. The van der Waals surface area contributed by atoms with Crippen LogP contribution in [0, 0.1) is 0 Å². The van der Waals surface area contributed by atoms with Crippen LogP contribution in [0.1, 0.15) is 11.7 Å². The third kappa shape index (κ3) is 3.96. The van der Waals surface area contributed by atoms with Gasteiger partial charge in [0.1, 0.15) is 5.75 Å². The van der Waals surface area contributed by atoms with Crippen molar-refractivity contribution in [1.82, 2.24) is 0 Å². The summed E-state index contributed by atoms with van der Waals surface area (Å²) in [5.74, 6) is -0.405. The summed E-state index contributed by atoms with van der Waals surface area (Å²) in [6.45, 7) is 3.62. The second-order valence-electron chi connectivity index (χ2n) is 4.40. The first-order valence-corrected chi connectivity index (χ1v) is 6.48. The Kier molecular flexibility index (Phi) is 4.93. The van der Waals surface area contributed by atoms with Crippen molar-refractivity contribution in [3.05, 3.63) is 78.4 Å². The van der Waals surface area contributed by atoms with Crippen LogP contribution in [-0.4, -0.2) is 17.2 Å². The molecule has 1 atom stereocenters. The third-order valence-corrected chi connectivity index (χ3v) is 2.85. The molecule has 5 heteroatoms. The Balaban J connectivity index is 2.18. The number of rotatable bonds is 5. The van der Waals surface area contributed by atoms with Crippen molar-refractivity contribution in [3.8, 4) is 5.75 Å². The van der Waals surface area contributed by atoms with Crippen LogP contribution in [0.4, 0.5) is 4.79 Å². The first kappa shape index (κ1) is 15.3. The number of hydrogen-bond acceptors (Lipinski definition) is 4. The van der Waals surface area contributed by atoms with Crippen molar-refractivity contribution in [3.63, 3.8) is 0 Å². The van der Waals surface area contributed by atoms with Crippen LogP contribution in [0.5, 0.6) is 5.75 Å². The fourth-order valence-corrected chi connectivity index (χ4v) is 1.84. The van der Waals surface area contributed by atoms with Crippen LogP contribution in [0.15, 0.2) is 72.8 Å². The third-order valence-electron chi connectivity index (χ3n) is 2.85. The average molecular weight is 298 g/mol. The zero-order chi connectivity index (χ0) is 15.9.